The average molecular weight is 231 g/mol. The second-order valence-corrected chi connectivity index (χ2v) is 9.49. The molecule has 2 atom stereocenters. The molecule has 2 nitrogen and oxygen atoms in total. The summed E-state index contributed by atoms with van der Waals surface area (Å²) in [5.41, 5.74) is 0. The van der Waals surface area contributed by atoms with Crippen LogP contribution in [-0.4, -0.2) is 47.3 Å². The number of hydrogen-bond acceptors (Lipinski definition) is 2. The fourth-order valence-electron chi connectivity index (χ4n) is 2.91. The summed E-state index contributed by atoms with van der Waals surface area (Å²) in [5.74, 6) is 3.89. The Kier molecular flexibility index (Phi) is 3.97. The van der Waals surface area contributed by atoms with Gasteiger partial charge >= 0.3 is 0 Å². The maximum atomic E-state index is 10.2. The Hall–Kier alpha value is 0.270. The fourth-order valence-corrected chi connectivity index (χ4v) is 6.31. The molecule has 0 unspecified atom stereocenters. The van der Waals surface area contributed by atoms with Gasteiger partial charge in [0.15, 0.2) is 0 Å². The van der Waals surface area contributed by atoms with E-state index < -0.39 is 10.0 Å². The molecule has 0 aromatic heterocycles. The lowest BCUT2D eigenvalue weighted by atomic mass is 10.1. The van der Waals surface area contributed by atoms with Crippen molar-refractivity contribution in [2.24, 2.45) is 0 Å². The zero-order valence-electron chi connectivity index (χ0n) is 9.87. The minimum atomic E-state index is -0.467. The van der Waals surface area contributed by atoms with Gasteiger partial charge in [0.1, 0.15) is 0 Å². The summed E-state index contributed by atoms with van der Waals surface area (Å²) in [6.07, 6.45) is 9.01. The van der Waals surface area contributed by atoms with Crippen LogP contribution in [0.4, 0.5) is 0 Å². The first-order valence-electron chi connectivity index (χ1n) is 6.32. The smallest absolute Gasteiger partial charge is 0.0768 e. The van der Waals surface area contributed by atoms with Crippen molar-refractivity contribution in [2.45, 2.75) is 44.2 Å². The van der Waals surface area contributed by atoms with Crippen molar-refractivity contribution in [1.82, 2.24) is 5.32 Å². The van der Waals surface area contributed by atoms with E-state index in [1.54, 1.807) is 0 Å². The Morgan fingerprint density at radius 1 is 1.27 bits per heavy atom. The van der Waals surface area contributed by atoms with E-state index in [1.807, 2.05) is 0 Å². The van der Waals surface area contributed by atoms with Gasteiger partial charge in [-0.15, -0.1) is 0 Å². The van der Waals surface area contributed by atoms with Gasteiger partial charge < -0.3 is 10.4 Å². The zero-order chi connectivity index (χ0) is 10.7. The summed E-state index contributed by atoms with van der Waals surface area (Å²) in [4.78, 5) is 0. The largest absolute Gasteiger partial charge is 0.391 e. The molecule has 3 heteroatoms. The quantitative estimate of drug-likeness (QED) is 0.775. The number of nitrogens with one attached hydrogen (secondary N) is 1. The maximum absolute atomic E-state index is 10.2. The van der Waals surface area contributed by atoms with E-state index in [2.05, 4.69) is 11.6 Å². The standard InChI is InChI=1S/C12H25NOS/c1-15(8-3-2-4-9-15)10-12(14)11-6-5-7-13-11/h11-14H,2-10H2,1H3/t11-,12+/m0/s1. The fraction of sp³-hybridized carbons (Fsp3) is 1.00. The van der Waals surface area contributed by atoms with Crippen molar-refractivity contribution >= 4 is 10.0 Å². The van der Waals surface area contributed by atoms with Crippen LogP contribution in [0.1, 0.15) is 32.1 Å². The molecule has 2 saturated heterocycles. The molecule has 0 saturated carbocycles. The molecule has 90 valence electrons. The molecule has 0 aromatic carbocycles. The van der Waals surface area contributed by atoms with E-state index in [9.17, 15) is 5.11 Å². The molecule has 0 bridgehead atoms. The third-order valence-corrected chi connectivity index (χ3v) is 7.61. The van der Waals surface area contributed by atoms with E-state index >= 15 is 0 Å². The summed E-state index contributed by atoms with van der Waals surface area (Å²) in [7, 11) is -0.467. The van der Waals surface area contributed by atoms with E-state index in [4.69, 9.17) is 0 Å². The Labute approximate surface area is 95.1 Å². The zero-order valence-corrected chi connectivity index (χ0v) is 10.7. The summed E-state index contributed by atoms with van der Waals surface area (Å²) in [6, 6.07) is 0.399. The predicted molar refractivity (Wildman–Crippen MR) is 69.0 cm³/mol. The highest BCUT2D eigenvalue weighted by atomic mass is 32.3. The van der Waals surface area contributed by atoms with Crippen LogP contribution in [0.3, 0.4) is 0 Å². The number of aliphatic hydroxyl groups is 1. The first-order valence-corrected chi connectivity index (χ1v) is 8.87. The SMILES string of the molecule is CS1(C[C@@H](O)[C@@H]2CCCN2)CCCCC1. The molecule has 2 aliphatic rings. The van der Waals surface area contributed by atoms with Gasteiger partial charge in [-0.25, -0.2) is 10.0 Å². The van der Waals surface area contributed by atoms with Crippen molar-refractivity contribution in [1.29, 1.82) is 0 Å². The first-order chi connectivity index (χ1) is 7.20. The van der Waals surface area contributed by atoms with Gasteiger partial charge in [0, 0.05) is 11.8 Å². The highest BCUT2D eigenvalue weighted by molar-refractivity contribution is 8.33. The topological polar surface area (TPSA) is 32.3 Å². The van der Waals surface area contributed by atoms with E-state index in [-0.39, 0.29) is 6.10 Å². The molecule has 0 spiro atoms. The van der Waals surface area contributed by atoms with Crippen molar-refractivity contribution in [2.75, 3.05) is 30.1 Å². The second kappa shape index (κ2) is 5.07. The lowest BCUT2D eigenvalue weighted by Crippen LogP contribution is -2.39. The molecule has 2 N–H and O–H groups in total. The summed E-state index contributed by atoms with van der Waals surface area (Å²) in [5, 5.41) is 13.7. The molecule has 15 heavy (non-hydrogen) atoms. The van der Waals surface area contributed by atoms with Gasteiger partial charge in [-0.3, -0.25) is 0 Å². The Morgan fingerprint density at radius 3 is 2.60 bits per heavy atom. The molecule has 2 fully saturated rings. The normalized spacial score (nSPS) is 34.9. The minimum absolute atomic E-state index is 0.0781. The summed E-state index contributed by atoms with van der Waals surface area (Å²) in [6.45, 7) is 1.10. The molecular weight excluding hydrogens is 206 g/mol. The lowest BCUT2D eigenvalue weighted by Gasteiger charge is -2.42. The Bertz CT molecular complexity index is 198. The van der Waals surface area contributed by atoms with Crippen LogP contribution >= 0.6 is 10.0 Å². The van der Waals surface area contributed by atoms with Crippen LogP contribution in [0.15, 0.2) is 0 Å². The van der Waals surface area contributed by atoms with Crippen molar-refractivity contribution in [3.8, 4) is 0 Å². The van der Waals surface area contributed by atoms with Gasteiger partial charge in [0.25, 0.3) is 0 Å². The minimum Gasteiger partial charge on any atom is -0.391 e. The molecule has 2 aliphatic heterocycles. The van der Waals surface area contributed by atoms with Crippen LogP contribution in [-0.2, 0) is 0 Å². The lowest BCUT2D eigenvalue weighted by molar-refractivity contribution is 0.158. The molecular formula is C12H25NOS. The monoisotopic (exact) mass is 231 g/mol. The van der Waals surface area contributed by atoms with Gasteiger partial charge in [-0.1, -0.05) is 6.42 Å². The van der Waals surface area contributed by atoms with Gasteiger partial charge in [-0.2, -0.15) is 0 Å². The third kappa shape index (κ3) is 3.11. The van der Waals surface area contributed by atoms with Crippen molar-refractivity contribution in [3.63, 3.8) is 0 Å². The van der Waals surface area contributed by atoms with E-state index in [1.165, 1.54) is 43.6 Å². The summed E-state index contributed by atoms with van der Waals surface area (Å²) >= 11 is 0. The number of aliphatic hydroxyl groups excluding tert-OH is 1. The van der Waals surface area contributed by atoms with Crippen molar-refractivity contribution < 1.29 is 5.11 Å². The van der Waals surface area contributed by atoms with Crippen LogP contribution < -0.4 is 5.32 Å². The van der Waals surface area contributed by atoms with Crippen LogP contribution in [0.5, 0.6) is 0 Å². The maximum Gasteiger partial charge on any atom is 0.0768 e. The molecule has 0 amide bonds. The molecule has 2 heterocycles. The first kappa shape index (κ1) is 11.7. The molecule has 0 aliphatic carbocycles. The highest BCUT2D eigenvalue weighted by Gasteiger charge is 2.29. The van der Waals surface area contributed by atoms with Crippen molar-refractivity contribution in [3.05, 3.63) is 0 Å². The number of hydrogen-bond donors (Lipinski definition) is 2. The molecule has 2 rings (SSSR count). The van der Waals surface area contributed by atoms with Crippen LogP contribution in [0, 0.1) is 0 Å². The van der Waals surface area contributed by atoms with Gasteiger partial charge in [0.05, 0.1) is 6.10 Å². The second-order valence-electron chi connectivity index (χ2n) is 5.38. The van der Waals surface area contributed by atoms with E-state index in [0.717, 1.165) is 12.3 Å². The molecule has 0 aromatic rings. The summed E-state index contributed by atoms with van der Waals surface area (Å²) < 4.78 is 0. The number of rotatable bonds is 3. The Balaban J connectivity index is 1.83. The van der Waals surface area contributed by atoms with Crippen LogP contribution in [0.2, 0.25) is 0 Å². The highest BCUT2D eigenvalue weighted by Crippen LogP contribution is 2.49. The van der Waals surface area contributed by atoms with E-state index in [0.29, 0.717) is 6.04 Å². The molecule has 0 radical (unpaired) electrons. The van der Waals surface area contributed by atoms with Gasteiger partial charge in [-0.05, 0) is 50.0 Å². The third-order valence-electron chi connectivity index (χ3n) is 3.91. The average Bonchev–Trinajstić information content (AvgIpc) is 2.70. The van der Waals surface area contributed by atoms with Gasteiger partial charge in [0.2, 0.25) is 0 Å². The predicted octanol–water partition coefficient (Wildman–Crippen LogP) is 1.72. The Morgan fingerprint density at radius 2 is 2.00 bits per heavy atom. The van der Waals surface area contributed by atoms with Crippen LogP contribution in [0.25, 0.3) is 0 Å².